The van der Waals surface area contributed by atoms with Crippen LogP contribution >= 0.6 is 34.7 Å². The lowest BCUT2D eigenvalue weighted by molar-refractivity contribution is -0.119. The molecule has 5 nitrogen and oxygen atoms in total. The molecule has 1 unspecified atom stereocenters. The molecule has 2 N–H and O–H groups in total. The number of carbonyl (C=O) groups excluding carboxylic acids is 2. The van der Waals surface area contributed by atoms with Crippen LogP contribution in [0.25, 0.3) is 11.3 Å². The van der Waals surface area contributed by atoms with Crippen LogP contribution < -0.4 is 10.6 Å². The van der Waals surface area contributed by atoms with Crippen LogP contribution in [0, 0.1) is 0 Å². The molecule has 1 atom stereocenters. The summed E-state index contributed by atoms with van der Waals surface area (Å²) in [5, 5.41) is 8.92. The molecular weight excluding hydrogens is 438 g/mol. The molecule has 1 heterocycles. The third-order valence-corrected chi connectivity index (χ3v) is 6.26. The van der Waals surface area contributed by atoms with Gasteiger partial charge in [0.25, 0.3) is 0 Å². The molecule has 1 aromatic heterocycles. The van der Waals surface area contributed by atoms with Gasteiger partial charge in [0.1, 0.15) is 0 Å². The Morgan fingerprint density at radius 3 is 2.67 bits per heavy atom. The first-order valence-electron chi connectivity index (χ1n) is 9.35. The number of halogens is 1. The Kier molecular flexibility index (Phi) is 7.90. The number of amides is 2. The van der Waals surface area contributed by atoms with Crippen LogP contribution in [0.15, 0.2) is 53.9 Å². The van der Waals surface area contributed by atoms with Gasteiger partial charge in [0.05, 0.1) is 17.5 Å². The van der Waals surface area contributed by atoms with Crippen molar-refractivity contribution in [1.82, 2.24) is 10.3 Å². The number of nitrogens with zero attached hydrogens (tertiary/aromatic N) is 1. The number of aromatic nitrogens is 1. The van der Waals surface area contributed by atoms with E-state index in [1.165, 1.54) is 30.0 Å². The third kappa shape index (κ3) is 6.58. The van der Waals surface area contributed by atoms with Crippen molar-refractivity contribution < 1.29 is 9.59 Å². The number of nitrogens with one attached hydrogen (secondary N) is 2. The van der Waals surface area contributed by atoms with E-state index >= 15 is 0 Å². The Bertz CT molecular complexity index is 1020. The van der Waals surface area contributed by atoms with E-state index in [2.05, 4.69) is 15.6 Å². The molecule has 156 valence electrons. The average molecular weight is 460 g/mol. The Labute approximate surface area is 189 Å². The van der Waals surface area contributed by atoms with Crippen LogP contribution in [-0.4, -0.2) is 22.6 Å². The molecule has 2 amide bonds. The molecule has 0 bridgehead atoms. The summed E-state index contributed by atoms with van der Waals surface area (Å²) in [7, 11) is 0. The number of carbonyl (C=O) groups is 2. The van der Waals surface area contributed by atoms with E-state index < -0.39 is 0 Å². The van der Waals surface area contributed by atoms with Crippen LogP contribution in [0.3, 0.4) is 0 Å². The summed E-state index contributed by atoms with van der Waals surface area (Å²) in [5.41, 5.74) is 3.88. The maximum Gasteiger partial charge on any atom is 0.236 e. The second-order valence-electron chi connectivity index (χ2n) is 6.75. The molecule has 2 aromatic carbocycles. The van der Waals surface area contributed by atoms with Crippen molar-refractivity contribution in [3.63, 3.8) is 0 Å². The van der Waals surface area contributed by atoms with Crippen LogP contribution in [0.5, 0.6) is 0 Å². The van der Waals surface area contributed by atoms with E-state index in [9.17, 15) is 9.59 Å². The first kappa shape index (κ1) is 22.3. The first-order valence-corrected chi connectivity index (χ1v) is 11.8. The Hall–Kier alpha value is -2.35. The minimum Gasteiger partial charge on any atom is -0.350 e. The van der Waals surface area contributed by atoms with Gasteiger partial charge in [-0.25, -0.2) is 4.98 Å². The molecule has 30 heavy (non-hydrogen) atoms. The van der Waals surface area contributed by atoms with Crippen molar-refractivity contribution in [2.24, 2.45) is 0 Å². The fourth-order valence-electron chi connectivity index (χ4n) is 2.84. The van der Waals surface area contributed by atoms with Gasteiger partial charge in [-0.05, 0) is 30.2 Å². The maximum absolute atomic E-state index is 12.2. The summed E-state index contributed by atoms with van der Waals surface area (Å²) < 4.78 is 0. The quantitative estimate of drug-likeness (QED) is 0.464. The molecule has 0 aliphatic rings. The maximum atomic E-state index is 12.2. The molecule has 0 saturated carbocycles. The minimum absolute atomic E-state index is 0.0498. The number of anilines is 1. The monoisotopic (exact) mass is 459 g/mol. The zero-order valence-electron chi connectivity index (χ0n) is 16.6. The molecule has 3 rings (SSSR count). The highest BCUT2D eigenvalue weighted by molar-refractivity contribution is 7.99. The summed E-state index contributed by atoms with van der Waals surface area (Å²) in [6.07, 6.45) is 0. The van der Waals surface area contributed by atoms with Gasteiger partial charge in [-0.2, -0.15) is 0 Å². The number of hydrogen-bond donors (Lipinski definition) is 2. The smallest absolute Gasteiger partial charge is 0.236 e. The number of hydrogen-bond acceptors (Lipinski definition) is 5. The lowest BCUT2D eigenvalue weighted by Gasteiger charge is -2.13. The predicted octanol–water partition coefficient (Wildman–Crippen LogP) is 5.53. The van der Waals surface area contributed by atoms with E-state index in [0.717, 1.165) is 28.1 Å². The Morgan fingerprint density at radius 2 is 1.97 bits per heavy atom. The van der Waals surface area contributed by atoms with Crippen LogP contribution in [0.1, 0.15) is 31.0 Å². The summed E-state index contributed by atoms with van der Waals surface area (Å²) in [6.45, 7) is 3.45. The number of thiazole rings is 1. The zero-order valence-corrected chi connectivity index (χ0v) is 19.0. The normalized spacial score (nSPS) is 11.7. The SMILES string of the molecule is CC(=O)NC(C)c1ccc(-c2csc(NC(=O)CSCc3cccc(Cl)c3)n2)cc1. The Balaban J connectivity index is 1.51. The average Bonchev–Trinajstić information content (AvgIpc) is 3.16. The molecule has 8 heteroatoms. The summed E-state index contributed by atoms with van der Waals surface area (Å²) in [6, 6.07) is 15.5. The second-order valence-corrected chi connectivity index (χ2v) is 9.03. The fraction of sp³-hybridized carbons (Fsp3) is 0.227. The highest BCUT2D eigenvalue weighted by atomic mass is 35.5. The summed E-state index contributed by atoms with van der Waals surface area (Å²) >= 11 is 8.91. The predicted molar refractivity (Wildman–Crippen MR) is 126 cm³/mol. The number of rotatable bonds is 8. The van der Waals surface area contributed by atoms with Crippen molar-refractivity contribution in [3.05, 3.63) is 70.1 Å². The highest BCUT2D eigenvalue weighted by Crippen LogP contribution is 2.26. The topological polar surface area (TPSA) is 71.1 Å². The largest absolute Gasteiger partial charge is 0.350 e. The lowest BCUT2D eigenvalue weighted by atomic mass is 10.1. The van der Waals surface area contributed by atoms with Crippen molar-refractivity contribution in [2.45, 2.75) is 25.6 Å². The van der Waals surface area contributed by atoms with Crippen molar-refractivity contribution in [1.29, 1.82) is 0 Å². The highest BCUT2D eigenvalue weighted by Gasteiger charge is 2.10. The molecule has 0 fully saturated rings. The third-order valence-electron chi connectivity index (χ3n) is 4.27. The van der Waals surface area contributed by atoms with Crippen LogP contribution in [-0.2, 0) is 15.3 Å². The molecule has 3 aromatic rings. The van der Waals surface area contributed by atoms with E-state index in [4.69, 9.17) is 11.6 Å². The van der Waals surface area contributed by atoms with Gasteiger partial charge in [0.2, 0.25) is 11.8 Å². The van der Waals surface area contributed by atoms with Gasteiger partial charge in [-0.3, -0.25) is 9.59 Å². The molecule has 0 aliphatic heterocycles. The molecule has 0 spiro atoms. The zero-order chi connectivity index (χ0) is 21.5. The number of thioether (sulfide) groups is 1. The van der Waals surface area contributed by atoms with E-state index in [-0.39, 0.29) is 17.9 Å². The van der Waals surface area contributed by atoms with Gasteiger partial charge in [-0.15, -0.1) is 23.1 Å². The summed E-state index contributed by atoms with van der Waals surface area (Å²) in [5.74, 6) is 0.928. The van der Waals surface area contributed by atoms with Crippen molar-refractivity contribution in [2.75, 3.05) is 11.1 Å². The summed E-state index contributed by atoms with van der Waals surface area (Å²) in [4.78, 5) is 27.9. The van der Waals surface area contributed by atoms with E-state index in [0.29, 0.717) is 15.9 Å². The van der Waals surface area contributed by atoms with Crippen molar-refractivity contribution >= 4 is 51.6 Å². The fourth-order valence-corrected chi connectivity index (χ4v) is 4.56. The second kappa shape index (κ2) is 10.6. The van der Waals surface area contributed by atoms with Gasteiger partial charge >= 0.3 is 0 Å². The van der Waals surface area contributed by atoms with Gasteiger partial charge in [-0.1, -0.05) is 48.0 Å². The molecule has 0 radical (unpaired) electrons. The molecule has 0 saturated heterocycles. The van der Waals surface area contributed by atoms with Gasteiger partial charge in [0, 0.05) is 28.6 Å². The van der Waals surface area contributed by atoms with Gasteiger partial charge < -0.3 is 10.6 Å². The molecule has 0 aliphatic carbocycles. The first-order chi connectivity index (χ1) is 14.4. The minimum atomic E-state index is -0.0811. The van der Waals surface area contributed by atoms with E-state index in [1.54, 1.807) is 0 Å². The van der Waals surface area contributed by atoms with Crippen LogP contribution in [0.2, 0.25) is 5.02 Å². The van der Waals surface area contributed by atoms with Crippen molar-refractivity contribution in [3.8, 4) is 11.3 Å². The number of benzene rings is 2. The van der Waals surface area contributed by atoms with Crippen LogP contribution in [0.4, 0.5) is 5.13 Å². The Morgan fingerprint density at radius 1 is 1.20 bits per heavy atom. The molecular formula is C22H22ClN3O2S2. The standard InChI is InChI=1S/C22H22ClN3O2S2/c1-14(24-15(2)27)17-6-8-18(9-7-17)20-12-30-22(25-20)26-21(28)13-29-11-16-4-3-5-19(23)10-16/h3-10,12,14H,11,13H2,1-2H3,(H,24,27)(H,25,26,28). The van der Waals surface area contributed by atoms with E-state index in [1.807, 2.05) is 60.8 Å². The lowest BCUT2D eigenvalue weighted by Crippen LogP contribution is -2.23. The van der Waals surface area contributed by atoms with Gasteiger partial charge in [0.15, 0.2) is 5.13 Å².